The van der Waals surface area contributed by atoms with Crippen LogP contribution in [0.5, 0.6) is 0 Å². The third-order valence-electron chi connectivity index (χ3n) is 1.18. The average molecular weight is 216 g/mol. The molecule has 2 nitrogen and oxygen atoms in total. The van der Waals surface area contributed by atoms with E-state index in [1.54, 1.807) is 4.90 Å². The molecule has 0 aromatic rings. The molecule has 0 aliphatic heterocycles. The molecule has 0 aromatic heterocycles. The summed E-state index contributed by atoms with van der Waals surface area (Å²) in [6.07, 6.45) is 0. The summed E-state index contributed by atoms with van der Waals surface area (Å²) in [6.45, 7) is 11.2. The van der Waals surface area contributed by atoms with E-state index in [4.69, 9.17) is 0 Å². The van der Waals surface area contributed by atoms with E-state index < -0.39 is 0 Å². The Morgan fingerprint density at radius 1 is 1.60 bits per heavy atom. The maximum atomic E-state index is 10.6. The molecule has 1 amide bonds. The van der Waals surface area contributed by atoms with Gasteiger partial charge in [0.15, 0.2) is 0 Å². The van der Waals surface area contributed by atoms with E-state index >= 15 is 0 Å². The first-order chi connectivity index (χ1) is 4.09. The second kappa shape index (κ2) is 6.17. The Bertz CT molecular complexity index is 104. The van der Waals surface area contributed by atoms with Crippen LogP contribution in [0.4, 0.5) is 0 Å². The molecule has 0 spiro atoms. The Hall–Kier alpha value is 0.444. The van der Waals surface area contributed by atoms with Crippen molar-refractivity contribution in [2.45, 2.75) is 19.9 Å². The van der Waals surface area contributed by atoms with Crippen LogP contribution in [0.25, 0.3) is 0 Å². The zero-order chi connectivity index (χ0) is 7.44. The summed E-state index contributed by atoms with van der Waals surface area (Å²) in [6, 6.07) is 0.215. The second-order valence-electron chi connectivity index (χ2n) is 2.18. The number of hydrogen-bond donors (Lipinski definition) is 0. The Morgan fingerprint density at radius 2 is 2.00 bits per heavy atom. The van der Waals surface area contributed by atoms with Gasteiger partial charge in [0.25, 0.3) is 0 Å². The van der Waals surface area contributed by atoms with Crippen LogP contribution >= 0.6 is 0 Å². The van der Waals surface area contributed by atoms with E-state index in [1.807, 2.05) is 13.8 Å². The summed E-state index contributed by atoms with van der Waals surface area (Å²) in [5, 5.41) is 0. The molecule has 0 N–H and O–H groups in total. The van der Waals surface area contributed by atoms with Crippen LogP contribution in [0.3, 0.4) is 0 Å². The Labute approximate surface area is 88.2 Å². The zero-order valence-electron chi connectivity index (χ0n) is 6.63. The summed E-state index contributed by atoms with van der Waals surface area (Å²) >= 11 is 0. The van der Waals surface area contributed by atoms with Crippen LogP contribution in [0.2, 0.25) is 0 Å². The smallest absolute Gasteiger partial charge is 0.0801 e. The normalized spacial score (nSPS) is 8.80. The van der Waals surface area contributed by atoms with Crippen LogP contribution < -0.4 is 0 Å². The first-order valence-electron chi connectivity index (χ1n) is 3.01. The van der Waals surface area contributed by atoms with Crippen molar-refractivity contribution in [2.75, 3.05) is 6.54 Å². The maximum Gasteiger partial charge on any atom is 0.0801 e. The SMILES string of the molecule is [CH2-]CN(C([CH2-])=O)C(C)C.[Y]. The molecular formula is C7H13NOY-2. The summed E-state index contributed by atoms with van der Waals surface area (Å²) in [5.41, 5.74) is 0. The molecule has 1 radical (unpaired) electrons. The number of hydrogen-bond acceptors (Lipinski definition) is 1. The van der Waals surface area contributed by atoms with Crippen LogP contribution in [-0.2, 0) is 37.5 Å². The largest absolute Gasteiger partial charge is 0.395 e. The standard InChI is InChI=1S/C7H13NO.Y/c1-5-8(6(2)3)7(4)9;/h6H,1,4-5H2,2-3H3;/q-2;. The molecule has 0 saturated heterocycles. The van der Waals surface area contributed by atoms with E-state index in [1.165, 1.54) is 0 Å². The summed E-state index contributed by atoms with van der Waals surface area (Å²) in [4.78, 5) is 12.2. The second-order valence-corrected chi connectivity index (χ2v) is 2.18. The van der Waals surface area contributed by atoms with Gasteiger partial charge in [-0.05, 0) is 13.8 Å². The Kier molecular flexibility index (Phi) is 8.06. The van der Waals surface area contributed by atoms with Gasteiger partial charge < -0.3 is 23.5 Å². The van der Waals surface area contributed by atoms with Gasteiger partial charge in [0.1, 0.15) is 0 Å². The van der Waals surface area contributed by atoms with Gasteiger partial charge in [-0.2, -0.15) is 0 Å². The topological polar surface area (TPSA) is 20.3 Å². The molecule has 0 atom stereocenters. The number of carbonyl (C=O) groups excluding carboxylic acids is 1. The van der Waals surface area contributed by atoms with Crippen LogP contribution in [-0.4, -0.2) is 23.4 Å². The minimum atomic E-state index is -0.153. The van der Waals surface area contributed by atoms with Crippen molar-refractivity contribution in [1.29, 1.82) is 0 Å². The zero-order valence-corrected chi connectivity index (χ0v) is 9.47. The molecule has 0 bridgehead atoms. The van der Waals surface area contributed by atoms with Gasteiger partial charge in [-0.1, -0.05) is 0 Å². The van der Waals surface area contributed by atoms with Crippen molar-refractivity contribution in [3.05, 3.63) is 13.8 Å². The predicted molar refractivity (Wildman–Crippen MR) is 37.6 cm³/mol. The van der Waals surface area contributed by atoms with E-state index in [2.05, 4.69) is 13.8 Å². The quantitative estimate of drug-likeness (QED) is 0.627. The van der Waals surface area contributed by atoms with Gasteiger partial charge in [-0.3, -0.25) is 0 Å². The van der Waals surface area contributed by atoms with Crippen LogP contribution in [0.1, 0.15) is 13.8 Å². The molecule has 0 aliphatic rings. The first kappa shape index (κ1) is 13.1. The average Bonchev–Trinajstić information content (AvgIpc) is 1.64. The van der Waals surface area contributed by atoms with Gasteiger partial charge in [-0.15, -0.1) is 6.54 Å². The van der Waals surface area contributed by atoms with E-state index in [9.17, 15) is 4.79 Å². The minimum absolute atomic E-state index is 0. The molecule has 0 heterocycles. The fourth-order valence-electron chi connectivity index (χ4n) is 0.671. The van der Waals surface area contributed by atoms with Crippen molar-refractivity contribution >= 4 is 5.91 Å². The van der Waals surface area contributed by atoms with Crippen molar-refractivity contribution in [2.24, 2.45) is 0 Å². The van der Waals surface area contributed by atoms with Gasteiger partial charge in [0, 0.05) is 38.8 Å². The molecule has 0 rings (SSSR count). The van der Waals surface area contributed by atoms with Gasteiger partial charge >= 0.3 is 0 Å². The molecular weight excluding hydrogens is 203 g/mol. The first-order valence-corrected chi connectivity index (χ1v) is 3.01. The molecule has 57 valence electrons. The fraction of sp³-hybridized carbons (Fsp3) is 0.571. The molecule has 0 unspecified atom stereocenters. The monoisotopic (exact) mass is 216 g/mol. The van der Waals surface area contributed by atoms with Gasteiger partial charge in [0.05, 0.1) is 5.91 Å². The summed E-state index contributed by atoms with van der Waals surface area (Å²) < 4.78 is 0. The fourth-order valence-corrected chi connectivity index (χ4v) is 0.671. The summed E-state index contributed by atoms with van der Waals surface area (Å²) in [5.74, 6) is -0.153. The van der Waals surface area contributed by atoms with E-state index in [0.717, 1.165) is 0 Å². The van der Waals surface area contributed by atoms with E-state index in [-0.39, 0.29) is 44.7 Å². The predicted octanol–water partition coefficient (Wildman–Crippen LogP) is 0.889. The number of carbonyl (C=O) groups is 1. The molecule has 3 heteroatoms. The maximum absolute atomic E-state index is 10.6. The number of amides is 1. The van der Waals surface area contributed by atoms with Crippen molar-refractivity contribution in [3.63, 3.8) is 0 Å². The summed E-state index contributed by atoms with van der Waals surface area (Å²) in [7, 11) is 0. The van der Waals surface area contributed by atoms with Gasteiger partial charge in [-0.25, -0.2) is 0 Å². The third kappa shape index (κ3) is 4.29. The van der Waals surface area contributed by atoms with Crippen molar-refractivity contribution in [1.82, 2.24) is 4.90 Å². The molecule has 0 aromatic carbocycles. The Morgan fingerprint density at radius 3 is 2.00 bits per heavy atom. The van der Waals surface area contributed by atoms with Crippen LogP contribution in [0.15, 0.2) is 0 Å². The third-order valence-corrected chi connectivity index (χ3v) is 1.18. The molecule has 0 aliphatic carbocycles. The van der Waals surface area contributed by atoms with Crippen LogP contribution in [0, 0.1) is 13.8 Å². The van der Waals surface area contributed by atoms with Crippen molar-refractivity contribution in [3.8, 4) is 0 Å². The molecule has 0 fully saturated rings. The Balaban J connectivity index is 0. The minimum Gasteiger partial charge on any atom is -0.395 e. The molecule has 0 saturated carbocycles. The van der Waals surface area contributed by atoms with Crippen molar-refractivity contribution < 1.29 is 37.5 Å². The van der Waals surface area contributed by atoms with Gasteiger partial charge in [0.2, 0.25) is 0 Å². The van der Waals surface area contributed by atoms with E-state index in [0.29, 0.717) is 6.54 Å². The number of nitrogens with zero attached hydrogens (tertiary/aromatic N) is 1. The molecule has 10 heavy (non-hydrogen) atoms. The number of rotatable bonds is 2.